The van der Waals surface area contributed by atoms with E-state index >= 15 is 0 Å². The summed E-state index contributed by atoms with van der Waals surface area (Å²) in [7, 11) is 1.78. The zero-order chi connectivity index (χ0) is 15.5. The molecule has 2 N–H and O–H groups in total. The van der Waals surface area contributed by atoms with Crippen molar-refractivity contribution in [1.82, 2.24) is 5.32 Å². The minimum absolute atomic E-state index is 0.00789. The molecule has 114 valence electrons. The minimum atomic E-state index is -0.195. The molecule has 3 rings (SSSR count). The molecule has 4 nitrogen and oxygen atoms in total. The van der Waals surface area contributed by atoms with E-state index in [1.807, 2.05) is 43.3 Å². The third kappa shape index (κ3) is 2.83. The number of ether oxygens (including phenoxy) is 1. The number of Topliss-reactive ketones (excluding diaryl/α,β-unsaturated/α-hetero) is 1. The Morgan fingerprint density at radius 1 is 1.27 bits per heavy atom. The van der Waals surface area contributed by atoms with Crippen LogP contribution in [-0.2, 0) is 0 Å². The Hall–Kier alpha value is -2.33. The molecule has 0 radical (unpaired) electrons. The van der Waals surface area contributed by atoms with Gasteiger partial charge in [-0.15, -0.1) is 0 Å². The lowest BCUT2D eigenvalue weighted by Crippen LogP contribution is -2.31. The monoisotopic (exact) mass is 296 g/mol. The fraction of sp³-hybridized carbons (Fsp3) is 0.278. The van der Waals surface area contributed by atoms with Crippen molar-refractivity contribution in [3.05, 3.63) is 59.7 Å². The maximum atomic E-state index is 12.2. The maximum absolute atomic E-state index is 12.2. The van der Waals surface area contributed by atoms with Gasteiger partial charge in [-0.05, 0) is 37.7 Å². The number of carbonyl (C=O) groups is 1. The molecule has 2 atom stereocenters. The van der Waals surface area contributed by atoms with Crippen molar-refractivity contribution in [3.63, 3.8) is 0 Å². The number of fused-ring (bicyclic) bond motifs is 1. The van der Waals surface area contributed by atoms with Crippen molar-refractivity contribution in [1.29, 1.82) is 0 Å². The summed E-state index contributed by atoms with van der Waals surface area (Å²) in [5.74, 6) is 0.867. The number of carbonyl (C=O) groups excluding carboxylic acids is 1. The van der Waals surface area contributed by atoms with Crippen LogP contribution in [0.4, 0.5) is 5.69 Å². The Morgan fingerprint density at radius 3 is 2.77 bits per heavy atom. The number of anilines is 1. The Morgan fingerprint density at radius 2 is 2.05 bits per heavy atom. The molecule has 2 unspecified atom stereocenters. The van der Waals surface area contributed by atoms with Gasteiger partial charge in [0.1, 0.15) is 11.9 Å². The van der Waals surface area contributed by atoms with Crippen LogP contribution in [0.3, 0.4) is 0 Å². The Balaban J connectivity index is 1.81. The molecule has 0 saturated heterocycles. The molecule has 4 heteroatoms. The van der Waals surface area contributed by atoms with Gasteiger partial charge in [0.05, 0.1) is 18.3 Å². The summed E-state index contributed by atoms with van der Waals surface area (Å²) >= 11 is 0. The summed E-state index contributed by atoms with van der Waals surface area (Å²) in [6.07, 6.45) is -0.00789. The lowest BCUT2D eigenvalue weighted by atomic mass is 10.0. The number of likely N-dealkylation sites (N-methyl/N-ethyl adjacent to an activating group) is 1. The summed E-state index contributed by atoms with van der Waals surface area (Å²) in [5.41, 5.74) is 2.71. The predicted molar refractivity (Wildman–Crippen MR) is 87.6 cm³/mol. The molecule has 0 saturated carbocycles. The van der Waals surface area contributed by atoms with E-state index in [9.17, 15) is 4.79 Å². The van der Waals surface area contributed by atoms with E-state index in [1.54, 1.807) is 7.05 Å². The lowest BCUT2D eigenvalue weighted by Gasteiger charge is -2.28. The molecule has 0 amide bonds. The second kappa shape index (κ2) is 6.20. The highest BCUT2D eigenvalue weighted by Crippen LogP contribution is 2.34. The van der Waals surface area contributed by atoms with E-state index in [0.717, 1.165) is 17.0 Å². The standard InChI is InChI=1S/C18H20N2O2/c1-12(19-2)18(21)14-8-9-16-15(10-14)20-11-17(22-16)13-6-4-3-5-7-13/h3-10,12,17,19-20H,11H2,1-2H3. The van der Waals surface area contributed by atoms with Crippen LogP contribution in [0.15, 0.2) is 48.5 Å². The average Bonchev–Trinajstić information content (AvgIpc) is 2.60. The third-order valence-corrected chi connectivity index (χ3v) is 4.01. The van der Waals surface area contributed by atoms with Crippen LogP contribution < -0.4 is 15.4 Å². The predicted octanol–water partition coefficient (Wildman–Crippen LogP) is 3.02. The van der Waals surface area contributed by atoms with Crippen molar-refractivity contribution in [2.75, 3.05) is 18.9 Å². The van der Waals surface area contributed by atoms with Gasteiger partial charge < -0.3 is 15.4 Å². The summed E-state index contributed by atoms with van der Waals surface area (Å²) in [6, 6.07) is 15.5. The van der Waals surface area contributed by atoms with E-state index in [-0.39, 0.29) is 17.9 Å². The van der Waals surface area contributed by atoms with Crippen molar-refractivity contribution < 1.29 is 9.53 Å². The highest BCUT2D eigenvalue weighted by atomic mass is 16.5. The largest absolute Gasteiger partial charge is 0.482 e. The average molecular weight is 296 g/mol. The van der Waals surface area contributed by atoms with Gasteiger partial charge in [-0.1, -0.05) is 30.3 Å². The second-order valence-corrected chi connectivity index (χ2v) is 5.48. The highest BCUT2D eigenvalue weighted by Gasteiger charge is 2.22. The number of hydrogen-bond donors (Lipinski definition) is 2. The van der Waals surface area contributed by atoms with Gasteiger partial charge in [-0.2, -0.15) is 0 Å². The van der Waals surface area contributed by atoms with E-state index in [2.05, 4.69) is 22.8 Å². The summed E-state index contributed by atoms with van der Waals surface area (Å²) < 4.78 is 6.05. The quantitative estimate of drug-likeness (QED) is 0.852. The number of nitrogens with one attached hydrogen (secondary N) is 2. The van der Waals surface area contributed by atoms with E-state index in [1.165, 1.54) is 0 Å². The number of benzene rings is 2. The molecule has 1 heterocycles. The minimum Gasteiger partial charge on any atom is -0.482 e. The lowest BCUT2D eigenvalue weighted by molar-refractivity contribution is 0.0955. The van der Waals surface area contributed by atoms with Crippen molar-refractivity contribution in [2.24, 2.45) is 0 Å². The van der Waals surface area contributed by atoms with Crippen LogP contribution in [0.5, 0.6) is 5.75 Å². The molecule has 0 spiro atoms. The molecule has 1 aliphatic rings. The highest BCUT2D eigenvalue weighted by molar-refractivity contribution is 6.01. The maximum Gasteiger partial charge on any atom is 0.179 e. The number of hydrogen-bond acceptors (Lipinski definition) is 4. The van der Waals surface area contributed by atoms with Crippen molar-refractivity contribution in [2.45, 2.75) is 19.1 Å². The zero-order valence-corrected chi connectivity index (χ0v) is 12.8. The van der Waals surface area contributed by atoms with Gasteiger partial charge in [-0.25, -0.2) is 0 Å². The van der Waals surface area contributed by atoms with Crippen molar-refractivity contribution >= 4 is 11.5 Å². The fourth-order valence-corrected chi connectivity index (χ4v) is 2.56. The van der Waals surface area contributed by atoms with Crippen LogP contribution in [0.25, 0.3) is 0 Å². The zero-order valence-electron chi connectivity index (χ0n) is 12.8. The molecule has 22 heavy (non-hydrogen) atoms. The van der Waals surface area contributed by atoms with Crippen LogP contribution >= 0.6 is 0 Å². The van der Waals surface area contributed by atoms with E-state index < -0.39 is 0 Å². The number of rotatable bonds is 4. The van der Waals surface area contributed by atoms with Gasteiger partial charge in [0.25, 0.3) is 0 Å². The third-order valence-electron chi connectivity index (χ3n) is 4.01. The van der Waals surface area contributed by atoms with Gasteiger partial charge in [0.15, 0.2) is 5.78 Å². The van der Waals surface area contributed by atoms with Crippen LogP contribution in [0, 0.1) is 0 Å². The first kappa shape index (κ1) is 14.6. The smallest absolute Gasteiger partial charge is 0.179 e. The summed E-state index contributed by atoms with van der Waals surface area (Å²) in [4.78, 5) is 12.2. The topological polar surface area (TPSA) is 50.4 Å². The SMILES string of the molecule is CNC(C)C(=O)c1ccc2c(c1)NCC(c1ccccc1)O2. The molecule has 2 aromatic rings. The molecular formula is C18H20N2O2. The second-order valence-electron chi connectivity index (χ2n) is 5.48. The van der Waals surface area contributed by atoms with Crippen LogP contribution in [-0.4, -0.2) is 25.4 Å². The van der Waals surface area contributed by atoms with Crippen LogP contribution in [0.2, 0.25) is 0 Å². The first-order valence-corrected chi connectivity index (χ1v) is 7.50. The number of ketones is 1. The molecule has 0 aromatic heterocycles. The van der Waals surface area contributed by atoms with Gasteiger partial charge >= 0.3 is 0 Å². The first-order chi connectivity index (χ1) is 10.7. The summed E-state index contributed by atoms with van der Waals surface area (Å²) in [6.45, 7) is 2.55. The van der Waals surface area contributed by atoms with Gasteiger partial charge in [0.2, 0.25) is 0 Å². The molecule has 0 aliphatic carbocycles. The van der Waals surface area contributed by atoms with Crippen LogP contribution in [0.1, 0.15) is 28.9 Å². The fourth-order valence-electron chi connectivity index (χ4n) is 2.56. The Kier molecular flexibility index (Phi) is 4.11. The van der Waals surface area contributed by atoms with Gasteiger partial charge in [0, 0.05) is 5.56 Å². The molecule has 2 aromatic carbocycles. The Labute approximate surface area is 130 Å². The first-order valence-electron chi connectivity index (χ1n) is 7.50. The molecule has 0 bridgehead atoms. The normalized spacial score (nSPS) is 17.8. The van der Waals surface area contributed by atoms with E-state index in [4.69, 9.17) is 4.74 Å². The Bertz CT molecular complexity index is 670. The summed E-state index contributed by atoms with van der Waals surface area (Å²) in [5, 5.41) is 6.34. The molecule has 1 aliphatic heterocycles. The van der Waals surface area contributed by atoms with E-state index in [0.29, 0.717) is 12.1 Å². The van der Waals surface area contributed by atoms with Gasteiger partial charge in [-0.3, -0.25) is 4.79 Å². The van der Waals surface area contributed by atoms with Crippen molar-refractivity contribution in [3.8, 4) is 5.75 Å². The molecule has 0 fully saturated rings. The molecular weight excluding hydrogens is 276 g/mol.